The Morgan fingerprint density at radius 3 is 2.68 bits per heavy atom. The second-order valence-corrected chi connectivity index (χ2v) is 4.74. The van der Waals surface area contributed by atoms with Gasteiger partial charge < -0.3 is 5.32 Å². The molecule has 1 aromatic carbocycles. The van der Waals surface area contributed by atoms with Crippen LogP contribution in [0.15, 0.2) is 23.7 Å². The molecule has 98 valence electrons. The van der Waals surface area contributed by atoms with Crippen molar-refractivity contribution in [3.8, 4) is 0 Å². The monoisotopic (exact) mass is 276 g/mol. The molecule has 0 saturated carbocycles. The zero-order valence-electron chi connectivity index (χ0n) is 10.4. The number of anilines is 2. The van der Waals surface area contributed by atoms with Crippen molar-refractivity contribution in [2.24, 2.45) is 0 Å². The molecule has 7 heteroatoms. The summed E-state index contributed by atoms with van der Waals surface area (Å²) < 4.78 is 0. The summed E-state index contributed by atoms with van der Waals surface area (Å²) in [6.45, 7) is 3.28. The standard InChI is InChI=1S/C12H12N4O2S/c1-7-3-4-9(5-10(7)14-8(2)17)11(18)15-12-16-13-6-19-12/h3-6H,1-2H3,(H,14,17)(H,15,16,18). The first-order chi connectivity index (χ1) is 9.06. The Labute approximate surface area is 113 Å². The van der Waals surface area contributed by atoms with Gasteiger partial charge in [0, 0.05) is 18.2 Å². The normalized spacial score (nSPS) is 10.0. The molecule has 2 N–H and O–H groups in total. The molecule has 0 bridgehead atoms. The van der Waals surface area contributed by atoms with E-state index in [4.69, 9.17) is 0 Å². The topological polar surface area (TPSA) is 84.0 Å². The molecular formula is C12H12N4O2S. The highest BCUT2D eigenvalue weighted by atomic mass is 32.1. The summed E-state index contributed by atoms with van der Waals surface area (Å²) in [5.41, 5.74) is 3.50. The van der Waals surface area contributed by atoms with Gasteiger partial charge in [0.2, 0.25) is 11.0 Å². The van der Waals surface area contributed by atoms with E-state index >= 15 is 0 Å². The maximum absolute atomic E-state index is 12.0. The van der Waals surface area contributed by atoms with Crippen molar-refractivity contribution in [1.29, 1.82) is 0 Å². The predicted octanol–water partition coefficient (Wildman–Crippen LogP) is 2.06. The van der Waals surface area contributed by atoms with Gasteiger partial charge in [-0.15, -0.1) is 10.2 Å². The summed E-state index contributed by atoms with van der Waals surface area (Å²) in [7, 11) is 0. The summed E-state index contributed by atoms with van der Waals surface area (Å²) in [5, 5.41) is 13.1. The van der Waals surface area contributed by atoms with Crippen LogP contribution in [0.3, 0.4) is 0 Å². The van der Waals surface area contributed by atoms with E-state index in [1.54, 1.807) is 18.2 Å². The lowest BCUT2D eigenvalue weighted by atomic mass is 10.1. The van der Waals surface area contributed by atoms with Crippen LogP contribution in [-0.4, -0.2) is 22.0 Å². The smallest absolute Gasteiger partial charge is 0.257 e. The summed E-state index contributed by atoms with van der Waals surface area (Å²) >= 11 is 1.24. The number of nitrogens with zero attached hydrogens (tertiary/aromatic N) is 2. The first kappa shape index (κ1) is 13.2. The van der Waals surface area contributed by atoms with Gasteiger partial charge in [0.15, 0.2) is 0 Å². The first-order valence-corrected chi connectivity index (χ1v) is 6.40. The van der Waals surface area contributed by atoms with Crippen molar-refractivity contribution in [2.75, 3.05) is 10.6 Å². The third-order valence-corrected chi connectivity index (χ3v) is 3.00. The molecule has 0 fully saturated rings. The number of rotatable bonds is 3. The predicted molar refractivity (Wildman–Crippen MR) is 73.3 cm³/mol. The molecule has 1 aromatic heterocycles. The summed E-state index contributed by atoms with van der Waals surface area (Å²) in [6, 6.07) is 5.10. The van der Waals surface area contributed by atoms with E-state index in [2.05, 4.69) is 20.8 Å². The van der Waals surface area contributed by atoms with Gasteiger partial charge in [-0.1, -0.05) is 17.4 Å². The molecule has 0 atom stereocenters. The number of benzene rings is 1. The van der Waals surface area contributed by atoms with E-state index < -0.39 is 0 Å². The van der Waals surface area contributed by atoms with Gasteiger partial charge in [-0.05, 0) is 24.6 Å². The molecule has 2 rings (SSSR count). The Hall–Kier alpha value is -2.28. The number of aryl methyl sites for hydroxylation is 1. The number of carbonyl (C=O) groups excluding carboxylic acids is 2. The Morgan fingerprint density at radius 2 is 2.05 bits per heavy atom. The number of nitrogens with one attached hydrogen (secondary N) is 2. The first-order valence-electron chi connectivity index (χ1n) is 5.52. The number of aromatic nitrogens is 2. The highest BCUT2D eigenvalue weighted by Crippen LogP contribution is 2.18. The van der Waals surface area contributed by atoms with Crippen molar-refractivity contribution < 1.29 is 9.59 Å². The van der Waals surface area contributed by atoms with Crippen LogP contribution >= 0.6 is 11.3 Å². The van der Waals surface area contributed by atoms with Crippen LogP contribution in [0.5, 0.6) is 0 Å². The fourth-order valence-corrected chi connectivity index (χ4v) is 1.92. The average Bonchev–Trinajstić information content (AvgIpc) is 2.84. The Morgan fingerprint density at radius 1 is 1.26 bits per heavy atom. The molecule has 1 heterocycles. The summed E-state index contributed by atoms with van der Waals surface area (Å²) in [4.78, 5) is 23.1. The van der Waals surface area contributed by atoms with Crippen molar-refractivity contribution in [3.05, 3.63) is 34.8 Å². The van der Waals surface area contributed by atoms with Crippen LogP contribution in [0.1, 0.15) is 22.8 Å². The molecule has 0 unspecified atom stereocenters. The highest BCUT2D eigenvalue weighted by Gasteiger charge is 2.10. The maximum atomic E-state index is 12.0. The van der Waals surface area contributed by atoms with Crippen molar-refractivity contribution >= 4 is 34.0 Å². The van der Waals surface area contributed by atoms with Gasteiger partial charge in [0.1, 0.15) is 5.51 Å². The molecule has 6 nitrogen and oxygen atoms in total. The van der Waals surface area contributed by atoms with E-state index in [9.17, 15) is 9.59 Å². The summed E-state index contributed by atoms with van der Waals surface area (Å²) in [6.07, 6.45) is 0. The van der Waals surface area contributed by atoms with Crippen LogP contribution in [0.25, 0.3) is 0 Å². The minimum absolute atomic E-state index is 0.176. The van der Waals surface area contributed by atoms with Crippen molar-refractivity contribution in [1.82, 2.24) is 10.2 Å². The van der Waals surface area contributed by atoms with Gasteiger partial charge in [-0.25, -0.2) is 0 Å². The van der Waals surface area contributed by atoms with E-state index in [1.807, 2.05) is 6.92 Å². The summed E-state index contributed by atoms with van der Waals surface area (Å²) in [5.74, 6) is -0.465. The maximum Gasteiger partial charge on any atom is 0.257 e. The fourth-order valence-electron chi connectivity index (χ4n) is 1.48. The quantitative estimate of drug-likeness (QED) is 0.898. The van der Waals surface area contributed by atoms with E-state index in [0.29, 0.717) is 16.4 Å². The van der Waals surface area contributed by atoms with Gasteiger partial charge in [-0.2, -0.15) is 0 Å². The second kappa shape index (κ2) is 5.57. The lowest BCUT2D eigenvalue weighted by Crippen LogP contribution is -2.13. The van der Waals surface area contributed by atoms with E-state index in [1.165, 1.54) is 23.8 Å². The molecular weight excluding hydrogens is 264 g/mol. The minimum atomic E-state index is -0.289. The van der Waals surface area contributed by atoms with Gasteiger partial charge >= 0.3 is 0 Å². The third-order valence-electron chi connectivity index (χ3n) is 2.39. The number of carbonyl (C=O) groups is 2. The average molecular weight is 276 g/mol. The molecule has 2 amide bonds. The zero-order chi connectivity index (χ0) is 13.8. The molecule has 0 aliphatic rings. The third kappa shape index (κ3) is 3.35. The van der Waals surface area contributed by atoms with E-state index in [-0.39, 0.29) is 11.8 Å². The molecule has 0 aliphatic heterocycles. The highest BCUT2D eigenvalue weighted by molar-refractivity contribution is 7.13. The molecule has 2 aromatic rings. The molecule has 0 spiro atoms. The number of hydrogen-bond donors (Lipinski definition) is 2. The van der Waals surface area contributed by atoms with Crippen LogP contribution in [-0.2, 0) is 4.79 Å². The Kier molecular flexibility index (Phi) is 3.86. The van der Waals surface area contributed by atoms with Crippen molar-refractivity contribution in [2.45, 2.75) is 13.8 Å². The van der Waals surface area contributed by atoms with Crippen molar-refractivity contribution in [3.63, 3.8) is 0 Å². The van der Waals surface area contributed by atoms with Crippen LogP contribution in [0.2, 0.25) is 0 Å². The molecule has 19 heavy (non-hydrogen) atoms. The lowest BCUT2D eigenvalue weighted by Gasteiger charge is -2.08. The zero-order valence-corrected chi connectivity index (χ0v) is 11.2. The fraction of sp³-hybridized carbons (Fsp3) is 0.167. The Balaban J connectivity index is 2.20. The van der Waals surface area contributed by atoms with Gasteiger partial charge in [0.25, 0.3) is 5.91 Å². The molecule has 0 saturated heterocycles. The number of hydrogen-bond acceptors (Lipinski definition) is 5. The van der Waals surface area contributed by atoms with Gasteiger partial charge in [0.05, 0.1) is 0 Å². The van der Waals surface area contributed by atoms with Crippen LogP contribution in [0.4, 0.5) is 10.8 Å². The number of amides is 2. The molecule has 0 aliphatic carbocycles. The largest absolute Gasteiger partial charge is 0.326 e. The molecule has 0 radical (unpaired) electrons. The SMILES string of the molecule is CC(=O)Nc1cc(C(=O)Nc2nncs2)ccc1C. The van der Waals surface area contributed by atoms with Gasteiger partial charge in [-0.3, -0.25) is 14.9 Å². The minimum Gasteiger partial charge on any atom is -0.326 e. The van der Waals surface area contributed by atoms with Crippen LogP contribution < -0.4 is 10.6 Å². The lowest BCUT2D eigenvalue weighted by molar-refractivity contribution is -0.114. The second-order valence-electron chi connectivity index (χ2n) is 3.91. The van der Waals surface area contributed by atoms with E-state index in [0.717, 1.165) is 5.56 Å². The van der Waals surface area contributed by atoms with Crippen LogP contribution in [0, 0.1) is 6.92 Å². The Bertz CT molecular complexity index is 610.